The summed E-state index contributed by atoms with van der Waals surface area (Å²) in [5.74, 6) is -1.53. The van der Waals surface area contributed by atoms with Gasteiger partial charge in [0.1, 0.15) is 0 Å². The fraction of sp³-hybridized carbons (Fsp3) is 0.545. The molecule has 0 spiro atoms. The van der Waals surface area contributed by atoms with Crippen LogP contribution in [0.25, 0.3) is 0 Å². The highest BCUT2D eigenvalue weighted by Gasteiger charge is 2.29. The van der Waals surface area contributed by atoms with Crippen molar-refractivity contribution in [3.63, 3.8) is 0 Å². The number of anilines is 1. The van der Waals surface area contributed by atoms with Crippen molar-refractivity contribution < 1.29 is 18.3 Å². The molecule has 0 amide bonds. The van der Waals surface area contributed by atoms with Crippen LogP contribution in [0, 0.1) is 0 Å². The molecule has 0 bridgehead atoms. The maximum atomic E-state index is 12.2. The van der Waals surface area contributed by atoms with E-state index in [4.69, 9.17) is 5.11 Å². The molecule has 1 saturated carbocycles. The van der Waals surface area contributed by atoms with Crippen molar-refractivity contribution in [2.24, 2.45) is 0 Å². The summed E-state index contributed by atoms with van der Waals surface area (Å²) in [6.07, 6.45) is 6.44. The van der Waals surface area contributed by atoms with Crippen molar-refractivity contribution in [2.75, 3.05) is 4.72 Å². The van der Waals surface area contributed by atoms with Crippen molar-refractivity contribution in [1.82, 2.24) is 9.97 Å². The smallest absolute Gasteiger partial charge is 0.358 e. The number of sulfonamides is 1. The van der Waals surface area contributed by atoms with Gasteiger partial charge >= 0.3 is 5.97 Å². The van der Waals surface area contributed by atoms with Gasteiger partial charge in [0.25, 0.3) is 0 Å². The van der Waals surface area contributed by atoms with Crippen LogP contribution >= 0.6 is 0 Å². The van der Waals surface area contributed by atoms with Crippen LogP contribution in [0.2, 0.25) is 0 Å². The molecule has 19 heavy (non-hydrogen) atoms. The largest absolute Gasteiger partial charge is 0.476 e. The summed E-state index contributed by atoms with van der Waals surface area (Å²) in [6.45, 7) is 0. The number of carboxylic acids is 1. The van der Waals surface area contributed by atoms with E-state index in [-0.39, 0.29) is 11.5 Å². The Labute approximate surface area is 111 Å². The number of hydrogen-bond donors (Lipinski definition) is 2. The van der Waals surface area contributed by atoms with Crippen molar-refractivity contribution >= 4 is 21.8 Å². The zero-order valence-electron chi connectivity index (χ0n) is 10.2. The number of nitrogens with zero attached hydrogens (tertiary/aromatic N) is 2. The Kier molecular flexibility index (Phi) is 3.98. The van der Waals surface area contributed by atoms with Crippen molar-refractivity contribution in [3.8, 4) is 0 Å². The van der Waals surface area contributed by atoms with E-state index in [1.54, 1.807) is 0 Å². The molecule has 8 heteroatoms. The van der Waals surface area contributed by atoms with E-state index < -0.39 is 21.2 Å². The maximum absolute atomic E-state index is 12.2. The Bertz CT molecular complexity index is 567. The number of nitrogens with one attached hydrogen (secondary N) is 1. The van der Waals surface area contributed by atoms with Gasteiger partial charge in [0.05, 0.1) is 5.25 Å². The van der Waals surface area contributed by atoms with Gasteiger partial charge in [-0.15, -0.1) is 0 Å². The second-order valence-corrected chi connectivity index (χ2v) is 6.43. The molecule has 1 heterocycles. The highest BCUT2D eigenvalue weighted by atomic mass is 32.2. The van der Waals surface area contributed by atoms with Crippen LogP contribution in [0.3, 0.4) is 0 Å². The maximum Gasteiger partial charge on any atom is 0.358 e. The van der Waals surface area contributed by atoms with Crippen LogP contribution in [0.1, 0.15) is 42.6 Å². The van der Waals surface area contributed by atoms with Gasteiger partial charge in [-0.05, 0) is 12.8 Å². The lowest BCUT2D eigenvalue weighted by molar-refractivity contribution is 0.0691. The fourth-order valence-corrected chi connectivity index (χ4v) is 3.70. The third kappa shape index (κ3) is 3.19. The average molecular weight is 285 g/mol. The minimum Gasteiger partial charge on any atom is -0.476 e. The number of carboxylic acid groups (broad SMARTS) is 1. The Morgan fingerprint density at radius 2 is 1.84 bits per heavy atom. The van der Waals surface area contributed by atoms with E-state index in [0.717, 1.165) is 19.3 Å². The Balaban J connectivity index is 2.22. The van der Waals surface area contributed by atoms with E-state index >= 15 is 0 Å². The lowest BCUT2D eigenvalue weighted by atomic mass is 10.0. The molecule has 1 aliphatic rings. The normalized spacial score (nSPS) is 17.1. The first kappa shape index (κ1) is 13.7. The van der Waals surface area contributed by atoms with Gasteiger partial charge in [0.15, 0.2) is 11.5 Å². The van der Waals surface area contributed by atoms with E-state index in [1.807, 2.05) is 0 Å². The lowest BCUT2D eigenvalue weighted by Gasteiger charge is -2.22. The second kappa shape index (κ2) is 5.52. The SMILES string of the molecule is O=C(O)c1nccnc1NS(=O)(=O)C1CCCCC1. The fourth-order valence-electron chi connectivity index (χ4n) is 2.16. The van der Waals surface area contributed by atoms with Crippen LogP contribution in [-0.2, 0) is 10.0 Å². The first-order chi connectivity index (χ1) is 9.00. The Morgan fingerprint density at radius 1 is 1.21 bits per heavy atom. The summed E-state index contributed by atoms with van der Waals surface area (Å²) in [5, 5.41) is 8.45. The summed E-state index contributed by atoms with van der Waals surface area (Å²) in [4.78, 5) is 18.3. The van der Waals surface area contributed by atoms with Crippen LogP contribution in [0.5, 0.6) is 0 Å². The van der Waals surface area contributed by atoms with Crippen molar-refractivity contribution in [3.05, 3.63) is 18.1 Å². The molecule has 1 aliphatic carbocycles. The Hall–Kier alpha value is -1.70. The summed E-state index contributed by atoms with van der Waals surface area (Å²) in [6, 6.07) is 0. The third-order valence-electron chi connectivity index (χ3n) is 3.13. The minimum absolute atomic E-state index is 0.222. The minimum atomic E-state index is -3.61. The quantitative estimate of drug-likeness (QED) is 0.861. The third-order valence-corrected chi connectivity index (χ3v) is 4.96. The molecule has 0 atom stereocenters. The van der Waals surface area contributed by atoms with Crippen LogP contribution in [0.4, 0.5) is 5.82 Å². The molecule has 0 saturated heterocycles. The van der Waals surface area contributed by atoms with Crippen LogP contribution < -0.4 is 4.72 Å². The number of rotatable bonds is 4. The van der Waals surface area contributed by atoms with Gasteiger partial charge in [-0.1, -0.05) is 19.3 Å². The molecular weight excluding hydrogens is 270 g/mol. The molecule has 1 aromatic rings. The molecule has 0 aliphatic heterocycles. The second-order valence-electron chi connectivity index (χ2n) is 4.47. The van der Waals surface area contributed by atoms with Crippen LogP contribution in [0.15, 0.2) is 12.4 Å². The molecule has 1 fully saturated rings. The topological polar surface area (TPSA) is 109 Å². The van der Waals surface area contributed by atoms with E-state index in [0.29, 0.717) is 12.8 Å². The first-order valence-corrected chi connectivity index (χ1v) is 7.61. The predicted octanol–water partition coefficient (Wildman–Crippen LogP) is 1.25. The lowest BCUT2D eigenvalue weighted by Crippen LogP contribution is -2.30. The van der Waals surface area contributed by atoms with Gasteiger partial charge in [-0.2, -0.15) is 0 Å². The zero-order valence-corrected chi connectivity index (χ0v) is 11.1. The standard InChI is InChI=1S/C11H15N3O4S/c15-11(16)9-10(13-7-6-12-9)14-19(17,18)8-4-2-1-3-5-8/h6-8H,1-5H2,(H,13,14)(H,15,16). The van der Waals surface area contributed by atoms with Gasteiger partial charge in [0, 0.05) is 12.4 Å². The summed E-state index contributed by atoms with van der Waals surface area (Å²) in [5.41, 5.74) is -0.387. The number of carbonyl (C=O) groups is 1. The summed E-state index contributed by atoms with van der Waals surface area (Å²) < 4.78 is 26.6. The van der Waals surface area contributed by atoms with Gasteiger partial charge < -0.3 is 5.11 Å². The molecule has 1 aromatic heterocycles. The number of hydrogen-bond acceptors (Lipinski definition) is 5. The first-order valence-electron chi connectivity index (χ1n) is 6.06. The molecule has 7 nitrogen and oxygen atoms in total. The van der Waals surface area contributed by atoms with Crippen molar-refractivity contribution in [2.45, 2.75) is 37.4 Å². The molecule has 0 unspecified atom stereocenters. The highest BCUT2D eigenvalue weighted by Crippen LogP contribution is 2.25. The van der Waals surface area contributed by atoms with Crippen molar-refractivity contribution in [1.29, 1.82) is 0 Å². The Morgan fingerprint density at radius 3 is 2.47 bits per heavy atom. The predicted molar refractivity (Wildman–Crippen MR) is 68.4 cm³/mol. The van der Waals surface area contributed by atoms with Gasteiger partial charge in [-0.3, -0.25) is 4.72 Å². The van der Waals surface area contributed by atoms with Crippen LogP contribution in [-0.4, -0.2) is 34.7 Å². The molecule has 104 valence electrons. The zero-order chi connectivity index (χ0) is 13.9. The van der Waals surface area contributed by atoms with E-state index in [1.165, 1.54) is 12.4 Å². The molecular formula is C11H15N3O4S. The number of aromatic nitrogens is 2. The number of aromatic carboxylic acids is 1. The monoisotopic (exact) mass is 285 g/mol. The van der Waals surface area contributed by atoms with Gasteiger partial charge in [0.2, 0.25) is 10.0 Å². The highest BCUT2D eigenvalue weighted by molar-refractivity contribution is 7.93. The average Bonchev–Trinajstić information content (AvgIpc) is 2.39. The molecule has 0 radical (unpaired) electrons. The summed E-state index contributed by atoms with van der Waals surface area (Å²) >= 11 is 0. The van der Waals surface area contributed by atoms with E-state index in [2.05, 4.69) is 14.7 Å². The molecule has 2 N–H and O–H groups in total. The van der Waals surface area contributed by atoms with Gasteiger partial charge in [-0.25, -0.2) is 23.2 Å². The molecule has 0 aromatic carbocycles. The molecule has 2 rings (SSSR count). The summed E-state index contributed by atoms with van der Waals surface area (Å²) in [7, 11) is -3.61. The van der Waals surface area contributed by atoms with E-state index in [9.17, 15) is 13.2 Å².